The number of aryl methyl sites for hydroxylation is 1. The Morgan fingerprint density at radius 2 is 1.74 bits per heavy atom. The zero-order valence-corrected chi connectivity index (χ0v) is 10.9. The molecule has 0 spiro atoms. The average molecular weight is 253 g/mol. The molecular weight excluding hydrogens is 234 g/mol. The summed E-state index contributed by atoms with van der Waals surface area (Å²) < 4.78 is 0. The van der Waals surface area contributed by atoms with Crippen LogP contribution in [0.4, 0.5) is 0 Å². The molecule has 0 saturated carbocycles. The SMILES string of the molecule is NCC1(C(O)c2ccccc2)CCc2ccccc21. The summed E-state index contributed by atoms with van der Waals surface area (Å²) in [5.74, 6) is 0. The van der Waals surface area contributed by atoms with E-state index in [1.165, 1.54) is 11.1 Å². The molecule has 0 radical (unpaired) electrons. The van der Waals surface area contributed by atoms with Gasteiger partial charge in [0, 0.05) is 12.0 Å². The first-order valence-corrected chi connectivity index (χ1v) is 6.79. The van der Waals surface area contributed by atoms with Gasteiger partial charge in [-0.15, -0.1) is 0 Å². The number of nitrogens with two attached hydrogens (primary N) is 1. The fourth-order valence-electron chi connectivity index (χ4n) is 3.28. The Kier molecular flexibility index (Phi) is 3.13. The molecule has 1 aliphatic carbocycles. The van der Waals surface area contributed by atoms with Crippen LogP contribution in [0, 0.1) is 0 Å². The Labute approximate surface area is 113 Å². The van der Waals surface area contributed by atoms with Gasteiger partial charge in [0.25, 0.3) is 0 Å². The molecule has 0 fully saturated rings. The van der Waals surface area contributed by atoms with Crippen LogP contribution in [0.15, 0.2) is 54.6 Å². The first-order chi connectivity index (χ1) is 9.28. The lowest BCUT2D eigenvalue weighted by Gasteiger charge is -2.34. The molecule has 3 rings (SSSR count). The van der Waals surface area contributed by atoms with Gasteiger partial charge in [0.15, 0.2) is 0 Å². The van der Waals surface area contributed by atoms with E-state index in [1.807, 2.05) is 36.4 Å². The first-order valence-electron chi connectivity index (χ1n) is 6.79. The van der Waals surface area contributed by atoms with Crippen molar-refractivity contribution in [2.45, 2.75) is 24.4 Å². The molecule has 2 aromatic carbocycles. The van der Waals surface area contributed by atoms with Gasteiger partial charge in [0.1, 0.15) is 0 Å². The Morgan fingerprint density at radius 3 is 2.47 bits per heavy atom. The third-order valence-electron chi connectivity index (χ3n) is 4.40. The summed E-state index contributed by atoms with van der Waals surface area (Å²) in [6.45, 7) is 0.472. The molecule has 0 aromatic heterocycles. The summed E-state index contributed by atoms with van der Waals surface area (Å²) in [5.41, 5.74) is 9.21. The quantitative estimate of drug-likeness (QED) is 0.883. The number of hydrogen-bond donors (Lipinski definition) is 2. The molecule has 2 heteroatoms. The van der Waals surface area contributed by atoms with Gasteiger partial charge in [0.05, 0.1) is 6.10 Å². The van der Waals surface area contributed by atoms with Gasteiger partial charge < -0.3 is 10.8 Å². The normalized spacial score (nSPS) is 23.1. The highest BCUT2D eigenvalue weighted by molar-refractivity contribution is 5.43. The lowest BCUT2D eigenvalue weighted by atomic mass is 9.74. The molecule has 19 heavy (non-hydrogen) atoms. The van der Waals surface area contributed by atoms with E-state index < -0.39 is 6.10 Å². The minimum Gasteiger partial charge on any atom is -0.387 e. The topological polar surface area (TPSA) is 46.2 Å². The molecule has 0 bridgehead atoms. The molecular formula is C17H19NO. The number of aliphatic hydroxyl groups is 1. The maximum atomic E-state index is 10.8. The van der Waals surface area contributed by atoms with Crippen molar-refractivity contribution in [2.75, 3.05) is 6.54 Å². The fourth-order valence-corrected chi connectivity index (χ4v) is 3.28. The van der Waals surface area contributed by atoms with Gasteiger partial charge >= 0.3 is 0 Å². The van der Waals surface area contributed by atoms with Crippen LogP contribution in [-0.2, 0) is 11.8 Å². The standard InChI is InChI=1S/C17H19NO/c18-12-17(16(19)14-7-2-1-3-8-14)11-10-13-6-4-5-9-15(13)17/h1-9,16,19H,10-12,18H2. The zero-order chi connectivity index (χ0) is 13.3. The van der Waals surface area contributed by atoms with Gasteiger partial charge in [-0.1, -0.05) is 54.6 Å². The Morgan fingerprint density at radius 1 is 1.05 bits per heavy atom. The van der Waals surface area contributed by atoms with Crippen molar-refractivity contribution in [1.82, 2.24) is 0 Å². The van der Waals surface area contributed by atoms with Crippen molar-refractivity contribution in [2.24, 2.45) is 5.73 Å². The third-order valence-corrected chi connectivity index (χ3v) is 4.40. The van der Waals surface area contributed by atoms with E-state index >= 15 is 0 Å². The molecule has 0 heterocycles. The van der Waals surface area contributed by atoms with E-state index in [1.54, 1.807) is 0 Å². The largest absolute Gasteiger partial charge is 0.387 e. The monoisotopic (exact) mass is 253 g/mol. The lowest BCUT2D eigenvalue weighted by molar-refractivity contribution is 0.0840. The maximum absolute atomic E-state index is 10.8. The smallest absolute Gasteiger partial charge is 0.0898 e. The van der Waals surface area contributed by atoms with Crippen LogP contribution in [0.5, 0.6) is 0 Å². The highest BCUT2D eigenvalue weighted by Gasteiger charge is 2.43. The summed E-state index contributed by atoms with van der Waals surface area (Å²) in [7, 11) is 0. The van der Waals surface area contributed by atoms with E-state index in [0.29, 0.717) is 6.54 Å². The van der Waals surface area contributed by atoms with Crippen molar-refractivity contribution in [3.8, 4) is 0 Å². The number of hydrogen-bond acceptors (Lipinski definition) is 2. The molecule has 1 aliphatic rings. The van der Waals surface area contributed by atoms with Crippen LogP contribution in [0.25, 0.3) is 0 Å². The fraction of sp³-hybridized carbons (Fsp3) is 0.294. The molecule has 2 atom stereocenters. The summed E-state index contributed by atoms with van der Waals surface area (Å²) in [6.07, 6.45) is 1.37. The molecule has 2 unspecified atom stereocenters. The van der Waals surface area contributed by atoms with Crippen molar-refractivity contribution in [3.05, 3.63) is 71.3 Å². The minimum absolute atomic E-state index is 0.335. The molecule has 0 saturated heterocycles. The average Bonchev–Trinajstić information content (AvgIpc) is 2.87. The second-order valence-corrected chi connectivity index (χ2v) is 5.33. The molecule has 2 nitrogen and oxygen atoms in total. The minimum atomic E-state index is -0.539. The van der Waals surface area contributed by atoms with E-state index in [2.05, 4.69) is 18.2 Å². The van der Waals surface area contributed by atoms with Gasteiger partial charge in [-0.25, -0.2) is 0 Å². The summed E-state index contributed by atoms with van der Waals surface area (Å²) >= 11 is 0. The van der Waals surface area contributed by atoms with E-state index in [4.69, 9.17) is 5.73 Å². The second kappa shape index (κ2) is 4.80. The number of aliphatic hydroxyl groups excluding tert-OH is 1. The molecule has 2 aromatic rings. The van der Waals surface area contributed by atoms with Crippen LogP contribution >= 0.6 is 0 Å². The third kappa shape index (κ3) is 1.88. The Hall–Kier alpha value is -1.64. The molecule has 98 valence electrons. The highest BCUT2D eigenvalue weighted by atomic mass is 16.3. The van der Waals surface area contributed by atoms with Gasteiger partial charge in [-0.3, -0.25) is 0 Å². The van der Waals surface area contributed by atoms with Gasteiger partial charge in [-0.2, -0.15) is 0 Å². The second-order valence-electron chi connectivity index (χ2n) is 5.33. The number of fused-ring (bicyclic) bond motifs is 1. The summed E-state index contributed by atoms with van der Waals surface area (Å²) in [5, 5.41) is 10.8. The van der Waals surface area contributed by atoms with Crippen LogP contribution < -0.4 is 5.73 Å². The first kappa shape index (κ1) is 12.4. The summed E-state index contributed by atoms with van der Waals surface area (Å²) in [6, 6.07) is 18.2. The molecule has 3 N–H and O–H groups in total. The zero-order valence-electron chi connectivity index (χ0n) is 10.9. The van der Waals surface area contributed by atoms with Gasteiger partial charge in [0.2, 0.25) is 0 Å². The Balaban J connectivity index is 2.06. The molecule has 0 aliphatic heterocycles. The van der Waals surface area contributed by atoms with Crippen LogP contribution in [0.3, 0.4) is 0 Å². The van der Waals surface area contributed by atoms with Crippen LogP contribution in [0.2, 0.25) is 0 Å². The highest BCUT2D eigenvalue weighted by Crippen LogP contribution is 2.46. The maximum Gasteiger partial charge on any atom is 0.0898 e. The molecule has 0 amide bonds. The van der Waals surface area contributed by atoms with E-state index in [-0.39, 0.29) is 5.41 Å². The summed E-state index contributed by atoms with van der Waals surface area (Å²) in [4.78, 5) is 0. The van der Waals surface area contributed by atoms with Crippen molar-refractivity contribution in [1.29, 1.82) is 0 Å². The van der Waals surface area contributed by atoms with E-state index in [9.17, 15) is 5.11 Å². The predicted octanol–water partition coefficient (Wildman–Crippen LogP) is 2.56. The predicted molar refractivity (Wildman–Crippen MR) is 76.9 cm³/mol. The van der Waals surface area contributed by atoms with Crippen molar-refractivity contribution in [3.63, 3.8) is 0 Å². The van der Waals surface area contributed by atoms with Crippen molar-refractivity contribution >= 4 is 0 Å². The number of benzene rings is 2. The van der Waals surface area contributed by atoms with E-state index in [0.717, 1.165) is 18.4 Å². The lowest BCUT2D eigenvalue weighted by Crippen LogP contribution is -2.39. The van der Waals surface area contributed by atoms with Crippen LogP contribution in [0.1, 0.15) is 29.2 Å². The van der Waals surface area contributed by atoms with Gasteiger partial charge in [-0.05, 0) is 29.5 Å². The van der Waals surface area contributed by atoms with Crippen LogP contribution in [-0.4, -0.2) is 11.7 Å². The van der Waals surface area contributed by atoms with Crippen molar-refractivity contribution < 1.29 is 5.11 Å². The number of rotatable bonds is 3. The Bertz CT molecular complexity index is 566.